The van der Waals surface area contributed by atoms with Crippen LogP contribution >= 0.6 is 0 Å². The van der Waals surface area contributed by atoms with Crippen molar-refractivity contribution in [3.05, 3.63) is 0 Å². The Morgan fingerprint density at radius 1 is 1.36 bits per heavy atom. The SMILES string of the molecule is CC(C)[C@H](NS(=O)(=O)C(F)F)C(=O)O. The van der Waals surface area contributed by atoms with Gasteiger partial charge in [0.25, 0.3) is 10.0 Å². The maximum Gasteiger partial charge on any atom is 0.350 e. The Morgan fingerprint density at radius 3 is 2.00 bits per heavy atom. The standard InChI is InChI=1S/C6H11F2NO4S/c1-3(2)4(5(10)11)9-14(12,13)6(7)8/h3-4,6,9H,1-2H3,(H,10,11)/t4-/m0/s1. The van der Waals surface area contributed by atoms with Crippen molar-refractivity contribution in [1.29, 1.82) is 0 Å². The van der Waals surface area contributed by atoms with Gasteiger partial charge < -0.3 is 5.11 Å². The predicted molar refractivity (Wildman–Crippen MR) is 44.3 cm³/mol. The molecule has 0 bridgehead atoms. The van der Waals surface area contributed by atoms with E-state index >= 15 is 0 Å². The van der Waals surface area contributed by atoms with Crippen molar-refractivity contribution in [2.45, 2.75) is 25.6 Å². The van der Waals surface area contributed by atoms with Crippen LogP contribution in [-0.4, -0.2) is 31.3 Å². The van der Waals surface area contributed by atoms with Crippen LogP contribution in [0.25, 0.3) is 0 Å². The second-order valence-corrected chi connectivity index (χ2v) is 4.67. The van der Waals surface area contributed by atoms with Crippen molar-refractivity contribution < 1.29 is 27.1 Å². The average Bonchev–Trinajstić information content (AvgIpc) is 1.98. The third kappa shape index (κ3) is 3.54. The highest BCUT2D eigenvalue weighted by molar-refractivity contribution is 7.89. The monoisotopic (exact) mass is 231 g/mol. The van der Waals surface area contributed by atoms with E-state index in [1.807, 2.05) is 0 Å². The minimum absolute atomic E-state index is 0.610. The summed E-state index contributed by atoms with van der Waals surface area (Å²) in [4.78, 5) is 10.5. The minimum Gasteiger partial charge on any atom is -0.480 e. The van der Waals surface area contributed by atoms with Gasteiger partial charge in [-0.2, -0.15) is 13.5 Å². The van der Waals surface area contributed by atoms with Crippen molar-refractivity contribution >= 4 is 16.0 Å². The lowest BCUT2D eigenvalue weighted by Gasteiger charge is -2.17. The molecule has 0 aliphatic carbocycles. The van der Waals surface area contributed by atoms with Crippen LogP contribution < -0.4 is 4.72 Å². The molecule has 0 aromatic carbocycles. The third-order valence-corrected chi connectivity index (χ3v) is 2.51. The van der Waals surface area contributed by atoms with Gasteiger partial charge in [-0.25, -0.2) is 8.42 Å². The molecule has 0 fully saturated rings. The first-order valence-electron chi connectivity index (χ1n) is 3.70. The summed E-state index contributed by atoms with van der Waals surface area (Å²) >= 11 is 0. The second-order valence-electron chi connectivity index (χ2n) is 2.98. The molecule has 0 saturated carbocycles. The number of aliphatic carboxylic acids is 1. The molecule has 0 aromatic rings. The molecule has 0 aliphatic heterocycles. The highest BCUT2D eigenvalue weighted by Gasteiger charge is 2.32. The number of hydrogen-bond donors (Lipinski definition) is 2. The van der Waals surface area contributed by atoms with Crippen molar-refractivity contribution in [1.82, 2.24) is 4.72 Å². The number of nitrogens with one attached hydrogen (secondary N) is 1. The zero-order valence-electron chi connectivity index (χ0n) is 7.57. The van der Waals surface area contributed by atoms with E-state index in [4.69, 9.17) is 5.11 Å². The lowest BCUT2D eigenvalue weighted by Crippen LogP contribution is -2.46. The molecular formula is C6H11F2NO4S. The highest BCUT2D eigenvalue weighted by Crippen LogP contribution is 2.08. The molecule has 84 valence electrons. The topological polar surface area (TPSA) is 83.5 Å². The summed E-state index contributed by atoms with van der Waals surface area (Å²) < 4.78 is 46.4. The van der Waals surface area contributed by atoms with Gasteiger partial charge in [-0.05, 0) is 5.92 Å². The fraction of sp³-hybridized carbons (Fsp3) is 0.833. The van der Waals surface area contributed by atoms with Gasteiger partial charge >= 0.3 is 11.7 Å². The molecule has 0 spiro atoms. The number of alkyl halides is 2. The summed E-state index contributed by atoms with van der Waals surface area (Å²) in [5, 5.41) is 8.52. The minimum atomic E-state index is -4.85. The zero-order valence-corrected chi connectivity index (χ0v) is 8.38. The van der Waals surface area contributed by atoms with Gasteiger partial charge in [0.15, 0.2) is 0 Å². The third-order valence-electron chi connectivity index (χ3n) is 1.46. The summed E-state index contributed by atoms with van der Waals surface area (Å²) in [6, 6.07) is -1.53. The Hall–Kier alpha value is -0.760. The van der Waals surface area contributed by atoms with Crippen molar-refractivity contribution in [2.75, 3.05) is 0 Å². The molecule has 0 unspecified atom stereocenters. The molecule has 0 heterocycles. The molecule has 8 heteroatoms. The number of halogens is 2. The van der Waals surface area contributed by atoms with Crippen LogP contribution in [0.3, 0.4) is 0 Å². The Bertz CT molecular complexity index is 301. The first kappa shape index (κ1) is 13.2. The van der Waals surface area contributed by atoms with Crippen LogP contribution in [0.4, 0.5) is 8.78 Å². The van der Waals surface area contributed by atoms with Gasteiger partial charge in [-0.15, -0.1) is 0 Å². The van der Waals surface area contributed by atoms with Crippen LogP contribution in [0.5, 0.6) is 0 Å². The lowest BCUT2D eigenvalue weighted by atomic mass is 10.1. The summed E-state index contributed by atoms with van der Waals surface area (Å²) in [5.41, 5.74) is 0. The second kappa shape index (κ2) is 4.65. The normalized spacial score (nSPS) is 14.7. The van der Waals surface area contributed by atoms with E-state index in [2.05, 4.69) is 0 Å². The molecule has 0 rings (SSSR count). The van der Waals surface area contributed by atoms with Crippen molar-refractivity contribution in [3.63, 3.8) is 0 Å². The fourth-order valence-corrected chi connectivity index (χ4v) is 1.53. The number of carboxylic acid groups (broad SMARTS) is 1. The fourth-order valence-electron chi connectivity index (χ4n) is 0.700. The summed E-state index contributed by atoms with van der Waals surface area (Å²) in [7, 11) is -4.85. The van der Waals surface area contributed by atoms with E-state index in [0.717, 1.165) is 0 Å². The van der Waals surface area contributed by atoms with Gasteiger partial charge in [0, 0.05) is 0 Å². The van der Waals surface area contributed by atoms with E-state index in [-0.39, 0.29) is 0 Å². The van der Waals surface area contributed by atoms with E-state index in [9.17, 15) is 22.0 Å². The van der Waals surface area contributed by atoms with Crippen LogP contribution in [0, 0.1) is 5.92 Å². The maximum absolute atomic E-state index is 11.9. The molecule has 1 atom stereocenters. The van der Waals surface area contributed by atoms with Gasteiger partial charge in [-0.3, -0.25) is 4.79 Å². The lowest BCUT2D eigenvalue weighted by molar-refractivity contribution is -0.140. The van der Waals surface area contributed by atoms with Crippen LogP contribution in [0.2, 0.25) is 0 Å². The Balaban J connectivity index is 4.71. The molecular weight excluding hydrogens is 220 g/mol. The summed E-state index contributed by atoms with van der Waals surface area (Å²) in [6.45, 7) is 2.82. The van der Waals surface area contributed by atoms with E-state index in [0.29, 0.717) is 0 Å². The number of sulfonamides is 1. The largest absolute Gasteiger partial charge is 0.480 e. The van der Waals surface area contributed by atoms with E-state index < -0.39 is 33.7 Å². The van der Waals surface area contributed by atoms with Crippen LogP contribution in [-0.2, 0) is 14.8 Å². The number of hydrogen-bond acceptors (Lipinski definition) is 3. The summed E-state index contributed by atoms with van der Waals surface area (Å²) in [5.74, 6) is -5.71. The number of carboxylic acids is 1. The first-order valence-corrected chi connectivity index (χ1v) is 5.25. The molecule has 0 radical (unpaired) electrons. The Labute approximate surface area is 80.2 Å². The van der Waals surface area contributed by atoms with Gasteiger partial charge in [-0.1, -0.05) is 13.8 Å². The molecule has 2 N–H and O–H groups in total. The van der Waals surface area contributed by atoms with Gasteiger partial charge in [0.1, 0.15) is 6.04 Å². The Morgan fingerprint density at radius 2 is 1.79 bits per heavy atom. The molecule has 0 amide bonds. The van der Waals surface area contributed by atoms with Gasteiger partial charge in [0.2, 0.25) is 0 Å². The predicted octanol–water partition coefficient (Wildman–Crippen LogP) is 0.238. The van der Waals surface area contributed by atoms with E-state index in [1.165, 1.54) is 18.6 Å². The van der Waals surface area contributed by atoms with Crippen molar-refractivity contribution in [3.8, 4) is 0 Å². The molecule has 5 nitrogen and oxygen atoms in total. The first-order chi connectivity index (χ1) is 6.18. The Kier molecular flexibility index (Phi) is 4.40. The maximum atomic E-state index is 11.9. The number of rotatable bonds is 5. The highest BCUT2D eigenvalue weighted by atomic mass is 32.2. The zero-order chi connectivity index (χ0) is 11.5. The average molecular weight is 231 g/mol. The van der Waals surface area contributed by atoms with Crippen LogP contribution in [0.1, 0.15) is 13.8 Å². The van der Waals surface area contributed by atoms with Crippen LogP contribution in [0.15, 0.2) is 0 Å². The molecule has 0 saturated heterocycles. The summed E-state index contributed by atoms with van der Waals surface area (Å²) in [6.07, 6.45) is 0. The van der Waals surface area contributed by atoms with E-state index in [1.54, 1.807) is 0 Å². The number of carbonyl (C=O) groups is 1. The molecule has 14 heavy (non-hydrogen) atoms. The molecule has 0 aromatic heterocycles. The quantitative estimate of drug-likeness (QED) is 0.709. The smallest absolute Gasteiger partial charge is 0.350 e. The van der Waals surface area contributed by atoms with Gasteiger partial charge in [0.05, 0.1) is 0 Å². The van der Waals surface area contributed by atoms with Crippen molar-refractivity contribution in [2.24, 2.45) is 5.92 Å². The molecule has 0 aliphatic rings.